The second kappa shape index (κ2) is 10.3. The highest BCUT2D eigenvalue weighted by Gasteiger charge is 2.42. The smallest absolute Gasteiger partial charge is 0.273 e. The van der Waals surface area contributed by atoms with Gasteiger partial charge in [0.1, 0.15) is 22.9 Å². The molecule has 5 rings (SSSR count). The summed E-state index contributed by atoms with van der Waals surface area (Å²) in [5.74, 6) is 1.38. The van der Waals surface area contributed by atoms with Crippen LogP contribution in [-0.4, -0.2) is 39.3 Å². The number of H-pyrrole nitrogens is 1. The third-order valence-corrected chi connectivity index (χ3v) is 6.64. The zero-order valence-electron chi connectivity index (χ0n) is 20.6. The lowest BCUT2D eigenvalue weighted by Gasteiger charge is -2.27. The quantitative estimate of drug-likeness (QED) is 0.308. The molecule has 0 bridgehead atoms. The van der Waals surface area contributed by atoms with Gasteiger partial charge in [0.05, 0.1) is 12.6 Å². The number of aromatic hydroxyl groups is 1. The number of para-hydroxylation sites is 1. The molecule has 36 heavy (non-hydrogen) atoms. The number of fused-ring (bicyclic) bond motifs is 1. The molecule has 0 saturated heterocycles. The van der Waals surface area contributed by atoms with E-state index in [0.717, 1.165) is 29.7 Å². The maximum atomic E-state index is 13.6. The van der Waals surface area contributed by atoms with E-state index in [2.05, 4.69) is 36.2 Å². The van der Waals surface area contributed by atoms with Crippen LogP contribution in [-0.2, 0) is 6.42 Å². The largest absolute Gasteiger partial charge is 0.507 e. The number of carbonyl (C=O) groups excluding carboxylic acids is 1. The van der Waals surface area contributed by atoms with Crippen LogP contribution in [0.25, 0.3) is 11.3 Å². The van der Waals surface area contributed by atoms with Crippen molar-refractivity contribution in [2.45, 2.75) is 32.7 Å². The minimum Gasteiger partial charge on any atom is -0.507 e. The Hall–Kier alpha value is -4.06. The summed E-state index contributed by atoms with van der Waals surface area (Å²) in [5.41, 5.74) is 4.57. The molecule has 6 heteroatoms. The number of phenolic OH excluding ortho intramolecular Hbond substituents is 1. The van der Waals surface area contributed by atoms with Gasteiger partial charge < -0.3 is 14.7 Å². The van der Waals surface area contributed by atoms with Gasteiger partial charge in [0, 0.05) is 17.7 Å². The number of aromatic amines is 1. The highest BCUT2D eigenvalue weighted by atomic mass is 16.5. The molecule has 0 saturated carbocycles. The predicted molar refractivity (Wildman–Crippen MR) is 140 cm³/mol. The Labute approximate surface area is 211 Å². The average Bonchev–Trinajstić information content (AvgIpc) is 3.42. The molecule has 0 fully saturated rings. The molecule has 0 spiro atoms. The third-order valence-electron chi connectivity index (χ3n) is 6.64. The van der Waals surface area contributed by atoms with Crippen molar-refractivity contribution in [3.8, 4) is 22.8 Å². The fourth-order valence-electron chi connectivity index (χ4n) is 4.73. The van der Waals surface area contributed by atoms with E-state index < -0.39 is 0 Å². The van der Waals surface area contributed by atoms with Gasteiger partial charge in [-0.15, -0.1) is 0 Å². The monoisotopic (exact) mass is 481 g/mol. The normalized spacial score (nSPS) is 14.9. The molecule has 1 aromatic heterocycles. The Morgan fingerprint density at radius 2 is 1.81 bits per heavy atom. The SMILES string of the molecule is CC(C)CCOc1cccc([C@H]2c3c(-c4ccccc4O)n[nH]c3C(=O)N2CCc2ccccc2)c1. The Bertz CT molecular complexity index is 1350. The van der Waals surface area contributed by atoms with Crippen molar-refractivity contribution in [1.29, 1.82) is 0 Å². The first-order valence-electron chi connectivity index (χ1n) is 12.5. The van der Waals surface area contributed by atoms with Crippen LogP contribution < -0.4 is 4.74 Å². The lowest BCUT2D eigenvalue weighted by atomic mass is 9.95. The second-order valence-corrected chi connectivity index (χ2v) is 9.62. The number of nitrogens with zero attached hydrogens (tertiary/aromatic N) is 2. The van der Waals surface area contributed by atoms with Gasteiger partial charge in [-0.05, 0) is 54.2 Å². The number of ether oxygens (including phenoxy) is 1. The Morgan fingerprint density at radius 1 is 1.03 bits per heavy atom. The van der Waals surface area contributed by atoms with E-state index in [0.29, 0.717) is 36.0 Å². The summed E-state index contributed by atoms with van der Waals surface area (Å²) in [7, 11) is 0. The Kier molecular flexibility index (Phi) is 6.76. The predicted octanol–water partition coefficient (Wildman–Crippen LogP) is 6.00. The fourth-order valence-corrected chi connectivity index (χ4v) is 4.73. The minimum atomic E-state index is -0.349. The van der Waals surface area contributed by atoms with Crippen molar-refractivity contribution in [3.63, 3.8) is 0 Å². The van der Waals surface area contributed by atoms with Crippen LogP contribution in [0, 0.1) is 5.92 Å². The number of amides is 1. The van der Waals surface area contributed by atoms with Gasteiger partial charge in [-0.3, -0.25) is 9.89 Å². The number of rotatable bonds is 9. The number of hydrogen-bond acceptors (Lipinski definition) is 4. The van der Waals surface area contributed by atoms with Crippen LogP contribution in [0.3, 0.4) is 0 Å². The first-order chi connectivity index (χ1) is 17.5. The van der Waals surface area contributed by atoms with Crippen molar-refractivity contribution >= 4 is 5.91 Å². The number of nitrogens with one attached hydrogen (secondary N) is 1. The highest BCUT2D eigenvalue weighted by Crippen LogP contribution is 2.44. The Balaban J connectivity index is 1.54. The number of phenols is 1. The molecule has 2 N–H and O–H groups in total. The molecule has 6 nitrogen and oxygen atoms in total. The second-order valence-electron chi connectivity index (χ2n) is 9.62. The summed E-state index contributed by atoms with van der Waals surface area (Å²) in [6, 6.07) is 24.9. The lowest BCUT2D eigenvalue weighted by Crippen LogP contribution is -2.31. The summed E-state index contributed by atoms with van der Waals surface area (Å²) < 4.78 is 6.04. The number of aromatic nitrogens is 2. The molecule has 1 aliphatic rings. The fraction of sp³-hybridized carbons (Fsp3) is 0.267. The number of hydrogen-bond donors (Lipinski definition) is 2. The van der Waals surface area contributed by atoms with Crippen LogP contribution in [0.2, 0.25) is 0 Å². The molecule has 2 heterocycles. The molecule has 0 unspecified atom stereocenters. The molecular formula is C30H31N3O3. The first-order valence-corrected chi connectivity index (χ1v) is 12.5. The van der Waals surface area contributed by atoms with E-state index in [-0.39, 0.29) is 17.7 Å². The van der Waals surface area contributed by atoms with Crippen LogP contribution >= 0.6 is 0 Å². The Morgan fingerprint density at radius 3 is 2.58 bits per heavy atom. The van der Waals surface area contributed by atoms with E-state index in [9.17, 15) is 9.90 Å². The van der Waals surface area contributed by atoms with Crippen LogP contribution in [0.1, 0.15) is 53.5 Å². The number of benzene rings is 3. The summed E-state index contributed by atoms with van der Waals surface area (Å²) in [6.45, 7) is 5.54. The molecule has 184 valence electrons. The number of carbonyl (C=O) groups is 1. The molecule has 3 aromatic carbocycles. The molecule has 0 radical (unpaired) electrons. The van der Waals surface area contributed by atoms with Gasteiger partial charge in [-0.1, -0.05) is 68.4 Å². The van der Waals surface area contributed by atoms with Crippen molar-refractivity contribution < 1.29 is 14.6 Å². The van der Waals surface area contributed by atoms with Gasteiger partial charge in [0.2, 0.25) is 0 Å². The van der Waals surface area contributed by atoms with E-state index in [1.807, 2.05) is 59.5 Å². The maximum Gasteiger partial charge on any atom is 0.273 e. The van der Waals surface area contributed by atoms with Crippen molar-refractivity contribution in [2.75, 3.05) is 13.2 Å². The van der Waals surface area contributed by atoms with Gasteiger partial charge in [0.15, 0.2) is 0 Å². The third kappa shape index (κ3) is 4.71. The van der Waals surface area contributed by atoms with Gasteiger partial charge in [0.25, 0.3) is 5.91 Å². The average molecular weight is 482 g/mol. The summed E-state index contributed by atoms with van der Waals surface area (Å²) in [6.07, 6.45) is 1.70. The van der Waals surface area contributed by atoms with Crippen LogP contribution in [0.15, 0.2) is 78.9 Å². The lowest BCUT2D eigenvalue weighted by molar-refractivity contribution is 0.0745. The van der Waals surface area contributed by atoms with Crippen molar-refractivity contribution in [2.24, 2.45) is 5.92 Å². The van der Waals surface area contributed by atoms with Crippen molar-refractivity contribution in [3.05, 3.63) is 101 Å². The van der Waals surface area contributed by atoms with Gasteiger partial charge >= 0.3 is 0 Å². The highest BCUT2D eigenvalue weighted by molar-refractivity contribution is 6.00. The van der Waals surface area contributed by atoms with Crippen LogP contribution in [0.5, 0.6) is 11.5 Å². The molecular weight excluding hydrogens is 450 g/mol. The maximum absolute atomic E-state index is 13.6. The molecule has 4 aromatic rings. The van der Waals surface area contributed by atoms with Gasteiger partial charge in [-0.25, -0.2) is 0 Å². The van der Waals surface area contributed by atoms with E-state index >= 15 is 0 Å². The summed E-state index contributed by atoms with van der Waals surface area (Å²) in [5, 5.41) is 18.0. The molecule has 1 atom stereocenters. The topological polar surface area (TPSA) is 78.5 Å². The zero-order chi connectivity index (χ0) is 25.1. The standard InChI is InChI=1S/C30H31N3O3/c1-20(2)16-18-36-23-12-8-11-22(19-23)29-26-27(24-13-6-7-14-25(24)34)31-32-28(26)30(35)33(29)17-15-21-9-4-3-5-10-21/h3-14,19-20,29,34H,15-18H2,1-2H3,(H,31,32)/t29-/m0/s1. The van der Waals surface area contributed by atoms with E-state index in [4.69, 9.17) is 4.74 Å². The van der Waals surface area contributed by atoms with E-state index in [1.165, 1.54) is 5.56 Å². The molecule has 1 amide bonds. The first kappa shape index (κ1) is 23.7. The van der Waals surface area contributed by atoms with E-state index in [1.54, 1.807) is 12.1 Å². The zero-order valence-corrected chi connectivity index (χ0v) is 20.6. The van der Waals surface area contributed by atoms with Gasteiger partial charge in [-0.2, -0.15) is 5.10 Å². The summed E-state index contributed by atoms with van der Waals surface area (Å²) >= 11 is 0. The summed E-state index contributed by atoms with van der Waals surface area (Å²) in [4.78, 5) is 15.5. The van der Waals surface area contributed by atoms with Crippen molar-refractivity contribution in [1.82, 2.24) is 15.1 Å². The molecule has 1 aliphatic heterocycles. The molecule has 0 aliphatic carbocycles. The minimum absolute atomic E-state index is 0.0915. The van der Waals surface area contributed by atoms with Crippen LogP contribution in [0.4, 0.5) is 0 Å².